The maximum Gasteiger partial charge on any atom is 0.227 e. The number of hydrogen-bond donors (Lipinski definition) is 1. The number of aryl methyl sites for hydroxylation is 2. The lowest BCUT2D eigenvalue weighted by molar-refractivity contribution is -0.120. The van der Waals surface area contributed by atoms with E-state index in [-0.39, 0.29) is 11.8 Å². The van der Waals surface area contributed by atoms with E-state index in [0.717, 1.165) is 40.8 Å². The van der Waals surface area contributed by atoms with Gasteiger partial charge in [0.1, 0.15) is 0 Å². The normalized spacial score (nSPS) is 17.6. The third-order valence-electron chi connectivity index (χ3n) is 3.73. The van der Waals surface area contributed by atoms with Crippen LogP contribution in [-0.4, -0.2) is 15.5 Å². The van der Waals surface area contributed by atoms with Gasteiger partial charge in [-0.2, -0.15) is 0 Å². The molecular weight excluding hydrogens is 318 g/mol. The summed E-state index contributed by atoms with van der Waals surface area (Å²) in [6.07, 6.45) is 5.30. The quantitative estimate of drug-likeness (QED) is 0.917. The van der Waals surface area contributed by atoms with Crippen LogP contribution in [0.25, 0.3) is 0 Å². The summed E-state index contributed by atoms with van der Waals surface area (Å²) in [7, 11) is 0. The van der Waals surface area contributed by atoms with Crippen molar-refractivity contribution in [2.24, 2.45) is 5.92 Å². The zero-order chi connectivity index (χ0) is 14.1. The highest BCUT2D eigenvalue weighted by molar-refractivity contribution is 9.10. The molecule has 0 saturated carbocycles. The van der Waals surface area contributed by atoms with Crippen molar-refractivity contribution in [3.8, 4) is 0 Å². The van der Waals surface area contributed by atoms with Gasteiger partial charge in [0.2, 0.25) is 5.91 Å². The number of nitrogens with one attached hydrogen (secondary N) is 1. The Balaban J connectivity index is 1.71. The van der Waals surface area contributed by atoms with E-state index >= 15 is 0 Å². The molecule has 4 nitrogen and oxygen atoms in total. The Morgan fingerprint density at radius 2 is 2.35 bits per heavy atom. The number of fused-ring (bicyclic) bond motifs is 1. The molecule has 0 spiro atoms. The van der Waals surface area contributed by atoms with Gasteiger partial charge in [-0.3, -0.25) is 4.79 Å². The fourth-order valence-corrected chi connectivity index (χ4v) is 3.14. The summed E-state index contributed by atoms with van der Waals surface area (Å²) < 4.78 is 3.04. The lowest BCUT2D eigenvalue weighted by Crippen LogP contribution is -2.30. The van der Waals surface area contributed by atoms with E-state index in [1.807, 2.05) is 37.6 Å². The molecule has 104 valence electrons. The highest BCUT2D eigenvalue weighted by Gasteiger charge is 2.25. The summed E-state index contributed by atoms with van der Waals surface area (Å²) in [5.74, 6) is 0.106. The number of carbonyl (C=O) groups excluding carboxylic acids is 1. The largest absolute Gasteiger partial charge is 0.335 e. The molecule has 1 aromatic heterocycles. The number of halogens is 1. The molecule has 0 saturated heterocycles. The van der Waals surface area contributed by atoms with Gasteiger partial charge in [-0.1, -0.05) is 6.07 Å². The van der Waals surface area contributed by atoms with E-state index in [9.17, 15) is 4.79 Å². The molecule has 20 heavy (non-hydrogen) atoms. The van der Waals surface area contributed by atoms with Crippen LogP contribution in [0.15, 0.2) is 35.2 Å². The topological polar surface area (TPSA) is 46.9 Å². The lowest BCUT2D eigenvalue weighted by atomic mass is 9.95. The first-order valence-corrected chi connectivity index (χ1v) is 7.49. The average Bonchev–Trinajstić information content (AvgIpc) is 2.89. The molecule has 1 amide bonds. The van der Waals surface area contributed by atoms with Crippen LogP contribution in [0.3, 0.4) is 0 Å². The molecule has 2 heterocycles. The van der Waals surface area contributed by atoms with E-state index in [2.05, 4.69) is 30.8 Å². The van der Waals surface area contributed by atoms with Crippen molar-refractivity contribution >= 4 is 27.5 Å². The maximum atomic E-state index is 12.4. The number of rotatable bonds is 2. The van der Waals surface area contributed by atoms with Gasteiger partial charge in [0, 0.05) is 35.2 Å². The number of anilines is 1. The minimum Gasteiger partial charge on any atom is -0.335 e. The Morgan fingerprint density at radius 1 is 1.50 bits per heavy atom. The molecule has 3 rings (SSSR count). The Labute approximate surface area is 126 Å². The van der Waals surface area contributed by atoms with Gasteiger partial charge < -0.3 is 9.88 Å². The molecule has 1 aromatic carbocycles. The minimum absolute atomic E-state index is 0.0207. The third kappa shape index (κ3) is 2.63. The third-order valence-corrected chi connectivity index (χ3v) is 4.38. The number of aromatic nitrogens is 2. The SMILES string of the molecule is Cc1ccc(NC(=O)C2CCn3cncc3C2)c(Br)c1. The van der Waals surface area contributed by atoms with Gasteiger partial charge in [-0.05, 0) is 47.0 Å². The highest BCUT2D eigenvalue weighted by Crippen LogP contribution is 2.26. The lowest BCUT2D eigenvalue weighted by Gasteiger charge is -2.23. The fraction of sp³-hybridized carbons (Fsp3) is 0.333. The molecular formula is C15H16BrN3O. The average molecular weight is 334 g/mol. The van der Waals surface area contributed by atoms with E-state index in [1.54, 1.807) is 0 Å². The van der Waals surface area contributed by atoms with E-state index in [4.69, 9.17) is 0 Å². The van der Waals surface area contributed by atoms with E-state index in [1.165, 1.54) is 0 Å². The first-order chi connectivity index (χ1) is 9.63. The standard InChI is InChI=1S/C15H16BrN3O/c1-10-2-3-14(13(16)6-10)18-15(20)11-4-5-19-9-17-8-12(19)7-11/h2-3,6,8-9,11H,4-5,7H2,1H3,(H,18,20). The van der Waals surface area contributed by atoms with Crippen molar-refractivity contribution < 1.29 is 4.79 Å². The second-order valence-corrected chi connectivity index (χ2v) is 6.09. The first-order valence-electron chi connectivity index (χ1n) is 6.69. The highest BCUT2D eigenvalue weighted by atomic mass is 79.9. The molecule has 0 aliphatic carbocycles. The van der Waals surface area contributed by atoms with Gasteiger partial charge in [0.15, 0.2) is 0 Å². The van der Waals surface area contributed by atoms with Crippen LogP contribution < -0.4 is 5.32 Å². The van der Waals surface area contributed by atoms with Gasteiger partial charge >= 0.3 is 0 Å². The Hall–Kier alpha value is -1.62. The monoisotopic (exact) mass is 333 g/mol. The van der Waals surface area contributed by atoms with Crippen molar-refractivity contribution in [2.45, 2.75) is 26.3 Å². The van der Waals surface area contributed by atoms with Crippen LogP contribution in [0, 0.1) is 12.8 Å². The second kappa shape index (κ2) is 5.40. The van der Waals surface area contributed by atoms with Crippen LogP contribution >= 0.6 is 15.9 Å². The van der Waals surface area contributed by atoms with Crippen LogP contribution in [0.2, 0.25) is 0 Å². The number of amides is 1. The molecule has 2 aromatic rings. The number of benzene rings is 1. The van der Waals surface area contributed by atoms with Crippen LogP contribution in [0.1, 0.15) is 17.7 Å². The Kier molecular flexibility index (Phi) is 3.61. The number of nitrogens with zero attached hydrogens (tertiary/aromatic N) is 2. The van der Waals surface area contributed by atoms with Crippen LogP contribution in [-0.2, 0) is 17.8 Å². The summed E-state index contributed by atoms with van der Waals surface area (Å²) in [5, 5.41) is 3.01. The molecule has 0 bridgehead atoms. The molecule has 0 fully saturated rings. The van der Waals surface area contributed by atoms with Crippen molar-refractivity contribution in [3.05, 3.63) is 46.5 Å². The summed E-state index contributed by atoms with van der Waals surface area (Å²) in [6.45, 7) is 2.89. The molecule has 5 heteroatoms. The predicted molar refractivity (Wildman–Crippen MR) is 81.5 cm³/mol. The second-order valence-electron chi connectivity index (χ2n) is 5.24. The van der Waals surface area contributed by atoms with Gasteiger partial charge in [-0.15, -0.1) is 0 Å². The predicted octanol–water partition coefficient (Wildman–Crippen LogP) is 3.16. The van der Waals surface area contributed by atoms with E-state index < -0.39 is 0 Å². The first kappa shape index (κ1) is 13.4. The van der Waals surface area contributed by atoms with Crippen molar-refractivity contribution in [2.75, 3.05) is 5.32 Å². The summed E-state index contributed by atoms with van der Waals surface area (Å²) in [5.41, 5.74) is 3.13. The van der Waals surface area contributed by atoms with Gasteiger partial charge in [-0.25, -0.2) is 4.98 Å². The number of imidazole rings is 1. The number of carbonyl (C=O) groups is 1. The maximum absolute atomic E-state index is 12.4. The molecule has 1 unspecified atom stereocenters. The summed E-state index contributed by atoms with van der Waals surface area (Å²) in [4.78, 5) is 16.5. The Bertz CT molecular complexity index is 650. The fourth-order valence-electron chi connectivity index (χ4n) is 2.55. The molecule has 1 aliphatic rings. The smallest absolute Gasteiger partial charge is 0.227 e. The van der Waals surface area contributed by atoms with Gasteiger partial charge in [0.25, 0.3) is 0 Å². The van der Waals surface area contributed by atoms with Crippen molar-refractivity contribution in [1.82, 2.24) is 9.55 Å². The van der Waals surface area contributed by atoms with Crippen molar-refractivity contribution in [1.29, 1.82) is 0 Å². The Morgan fingerprint density at radius 3 is 3.15 bits per heavy atom. The molecule has 1 aliphatic heterocycles. The summed E-state index contributed by atoms with van der Waals surface area (Å²) in [6, 6.07) is 5.94. The van der Waals surface area contributed by atoms with Crippen molar-refractivity contribution in [3.63, 3.8) is 0 Å². The van der Waals surface area contributed by atoms with Gasteiger partial charge in [0.05, 0.1) is 12.0 Å². The number of hydrogen-bond acceptors (Lipinski definition) is 2. The minimum atomic E-state index is 0.0207. The van der Waals surface area contributed by atoms with E-state index in [0.29, 0.717) is 0 Å². The summed E-state index contributed by atoms with van der Waals surface area (Å²) >= 11 is 3.49. The zero-order valence-electron chi connectivity index (χ0n) is 11.3. The molecule has 1 N–H and O–H groups in total. The molecule has 0 radical (unpaired) electrons. The van der Waals surface area contributed by atoms with Crippen LogP contribution in [0.4, 0.5) is 5.69 Å². The zero-order valence-corrected chi connectivity index (χ0v) is 12.9. The molecule has 1 atom stereocenters. The van der Waals surface area contributed by atoms with Crippen LogP contribution in [0.5, 0.6) is 0 Å².